The van der Waals surface area contributed by atoms with Crippen LogP contribution in [0, 0.1) is 0 Å². The predicted octanol–water partition coefficient (Wildman–Crippen LogP) is 1.20. The molecule has 1 heterocycles. The van der Waals surface area contributed by atoms with Crippen LogP contribution in [0.15, 0.2) is 54.6 Å². The summed E-state index contributed by atoms with van der Waals surface area (Å²) in [6.45, 7) is 0.0543. The lowest BCUT2D eigenvalue weighted by atomic mass is 10.1. The van der Waals surface area contributed by atoms with Gasteiger partial charge >= 0.3 is 11.9 Å². The maximum absolute atomic E-state index is 12.8. The highest BCUT2D eigenvalue weighted by Crippen LogP contribution is 2.30. The topological polar surface area (TPSA) is 184 Å². The number of carbonyl (C=O) groups is 5. The Hall–Kier alpha value is -5.00. The molecule has 0 saturated carbocycles. The molecule has 192 valence electrons. The van der Waals surface area contributed by atoms with Crippen molar-refractivity contribution in [1.82, 2.24) is 15.6 Å². The smallest absolute Gasteiger partial charge is 0.341 e. The quantitative estimate of drug-likeness (QED) is 0.254. The van der Waals surface area contributed by atoms with E-state index in [2.05, 4.69) is 20.9 Å². The SMILES string of the molecule is CC(=O)Nc1cccc2c(OCC(=O)O)cc(C(=O)NCC(=O)N[C@@H](Cc3ccccc3)C(=O)O)nc12. The van der Waals surface area contributed by atoms with Gasteiger partial charge in [-0.25, -0.2) is 14.6 Å². The molecule has 0 aliphatic heterocycles. The second-order valence-corrected chi connectivity index (χ2v) is 7.90. The first-order chi connectivity index (χ1) is 17.6. The number of ether oxygens (including phenoxy) is 1. The average molecular weight is 508 g/mol. The molecule has 0 unspecified atom stereocenters. The maximum Gasteiger partial charge on any atom is 0.341 e. The average Bonchev–Trinajstić information content (AvgIpc) is 2.85. The van der Waals surface area contributed by atoms with Gasteiger partial charge < -0.3 is 30.9 Å². The van der Waals surface area contributed by atoms with Crippen molar-refractivity contribution in [3.63, 3.8) is 0 Å². The number of hydrogen-bond donors (Lipinski definition) is 5. The Morgan fingerprint density at radius 3 is 2.38 bits per heavy atom. The molecule has 37 heavy (non-hydrogen) atoms. The Morgan fingerprint density at radius 1 is 1.00 bits per heavy atom. The van der Waals surface area contributed by atoms with Crippen LogP contribution in [0.3, 0.4) is 0 Å². The lowest BCUT2D eigenvalue weighted by Crippen LogP contribution is -2.46. The van der Waals surface area contributed by atoms with Crippen LogP contribution in [-0.4, -0.2) is 64.1 Å². The fourth-order valence-electron chi connectivity index (χ4n) is 3.43. The fraction of sp³-hybridized carbons (Fsp3) is 0.200. The highest BCUT2D eigenvalue weighted by atomic mass is 16.5. The second-order valence-electron chi connectivity index (χ2n) is 7.90. The van der Waals surface area contributed by atoms with Gasteiger partial charge in [-0.15, -0.1) is 0 Å². The van der Waals surface area contributed by atoms with E-state index >= 15 is 0 Å². The van der Waals surface area contributed by atoms with E-state index in [1.165, 1.54) is 13.0 Å². The van der Waals surface area contributed by atoms with Crippen LogP contribution in [0.2, 0.25) is 0 Å². The predicted molar refractivity (Wildman–Crippen MR) is 131 cm³/mol. The van der Waals surface area contributed by atoms with Gasteiger partial charge in [-0.1, -0.05) is 36.4 Å². The molecule has 0 fully saturated rings. The number of anilines is 1. The number of aliphatic carboxylic acids is 2. The number of fused-ring (bicyclic) bond motifs is 1. The highest BCUT2D eigenvalue weighted by molar-refractivity contribution is 6.04. The molecule has 0 saturated heterocycles. The van der Waals surface area contributed by atoms with E-state index in [-0.39, 0.29) is 29.1 Å². The minimum atomic E-state index is -1.24. The lowest BCUT2D eigenvalue weighted by Gasteiger charge is -2.15. The van der Waals surface area contributed by atoms with Gasteiger partial charge in [-0.2, -0.15) is 0 Å². The number of benzene rings is 2. The molecule has 12 nitrogen and oxygen atoms in total. The first kappa shape index (κ1) is 26.6. The summed E-state index contributed by atoms with van der Waals surface area (Å²) in [6.07, 6.45) is 0.0539. The minimum absolute atomic E-state index is 0.0306. The molecule has 3 amide bonds. The Labute approximate surface area is 210 Å². The van der Waals surface area contributed by atoms with Crippen molar-refractivity contribution in [3.8, 4) is 5.75 Å². The second kappa shape index (κ2) is 12.1. The van der Waals surface area contributed by atoms with Crippen LogP contribution in [0.25, 0.3) is 10.9 Å². The number of nitrogens with one attached hydrogen (secondary N) is 3. The number of amides is 3. The largest absolute Gasteiger partial charge is 0.481 e. The van der Waals surface area contributed by atoms with Gasteiger partial charge in [0.15, 0.2) is 6.61 Å². The van der Waals surface area contributed by atoms with Gasteiger partial charge in [-0.3, -0.25) is 14.4 Å². The molecule has 0 radical (unpaired) electrons. The summed E-state index contributed by atoms with van der Waals surface area (Å²) >= 11 is 0. The Bertz CT molecular complexity index is 1340. The first-order valence-corrected chi connectivity index (χ1v) is 11.0. The van der Waals surface area contributed by atoms with E-state index < -0.39 is 48.9 Å². The standard InChI is InChI=1S/C25H24N4O8/c1-14(30)27-17-9-5-8-16-20(37-13-22(32)33)11-18(29-23(16)17)24(34)26-12-21(31)28-19(25(35)36)10-15-6-3-2-4-7-15/h2-9,11,19H,10,12-13H2,1H3,(H,26,34)(H,27,30)(H,28,31)(H,32,33)(H,35,36)/t19-/m0/s1. The summed E-state index contributed by atoms with van der Waals surface area (Å²) in [7, 11) is 0. The van der Waals surface area contributed by atoms with Crippen molar-refractivity contribution in [2.45, 2.75) is 19.4 Å². The van der Waals surface area contributed by atoms with Gasteiger partial charge in [0.05, 0.1) is 17.7 Å². The van der Waals surface area contributed by atoms with Crippen LogP contribution in [0.4, 0.5) is 5.69 Å². The molecule has 0 bridgehead atoms. The van der Waals surface area contributed by atoms with Crippen LogP contribution in [0.1, 0.15) is 23.0 Å². The highest BCUT2D eigenvalue weighted by Gasteiger charge is 2.22. The molecule has 3 rings (SSSR count). The van der Waals surface area contributed by atoms with Gasteiger partial charge in [0, 0.05) is 24.8 Å². The molecule has 0 spiro atoms. The van der Waals surface area contributed by atoms with Crippen LogP contribution >= 0.6 is 0 Å². The van der Waals surface area contributed by atoms with Crippen molar-refractivity contribution >= 4 is 46.3 Å². The number of pyridine rings is 1. The lowest BCUT2D eigenvalue weighted by molar-refractivity contribution is -0.141. The summed E-state index contributed by atoms with van der Waals surface area (Å²) in [4.78, 5) is 63.6. The Balaban J connectivity index is 1.77. The van der Waals surface area contributed by atoms with E-state index in [4.69, 9.17) is 9.84 Å². The van der Waals surface area contributed by atoms with E-state index in [0.29, 0.717) is 10.9 Å². The molecule has 0 aliphatic carbocycles. The first-order valence-electron chi connectivity index (χ1n) is 11.0. The third kappa shape index (κ3) is 7.49. The van der Waals surface area contributed by atoms with E-state index in [1.807, 2.05) is 0 Å². The van der Waals surface area contributed by atoms with Crippen molar-refractivity contribution in [2.24, 2.45) is 0 Å². The number of para-hydroxylation sites is 1. The number of carbonyl (C=O) groups excluding carboxylic acids is 3. The molecule has 0 aliphatic rings. The number of carboxylic acids is 2. The maximum atomic E-state index is 12.8. The summed E-state index contributed by atoms with van der Waals surface area (Å²) in [5.74, 6) is -4.37. The fourth-order valence-corrected chi connectivity index (χ4v) is 3.43. The third-order valence-corrected chi connectivity index (χ3v) is 5.02. The summed E-state index contributed by atoms with van der Waals surface area (Å²) < 4.78 is 5.32. The zero-order valence-electron chi connectivity index (χ0n) is 19.7. The van der Waals surface area contributed by atoms with E-state index in [0.717, 1.165) is 0 Å². The zero-order chi connectivity index (χ0) is 26.9. The van der Waals surface area contributed by atoms with E-state index in [9.17, 15) is 29.1 Å². The summed E-state index contributed by atoms with van der Waals surface area (Å²) in [6, 6.07) is 13.5. The van der Waals surface area contributed by atoms with Crippen molar-refractivity contribution in [3.05, 3.63) is 65.9 Å². The molecule has 5 N–H and O–H groups in total. The number of nitrogens with zero attached hydrogens (tertiary/aromatic N) is 1. The molecule has 1 aromatic heterocycles. The van der Waals surface area contributed by atoms with Crippen LogP contribution < -0.4 is 20.7 Å². The number of hydrogen-bond acceptors (Lipinski definition) is 7. The summed E-state index contributed by atoms with van der Waals surface area (Å²) in [5, 5.41) is 26.1. The van der Waals surface area contributed by atoms with E-state index in [1.54, 1.807) is 48.5 Å². The molecular formula is C25H24N4O8. The molecular weight excluding hydrogens is 484 g/mol. The van der Waals surface area contributed by atoms with Crippen LogP contribution in [-0.2, 0) is 25.6 Å². The minimum Gasteiger partial charge on any atom is -0.481 e. The van der Waals surface area contributed by atoms with Gasteiger partial charge in [0.2, 0.25) is 11.8 Å². The summed E-state index contributed by atoms with van der Waals surface area (Å²) in [5.41, 5.74) is 0.938. The molecule has 2 aromatic carbocycles. The molecule has 12 heteroatoms. The normalized spacial score (nSPS) is 11.3. The zero-order valence-corrected chi connectivity index (χ0v) is 19.7. The number of rotatable bonds is 11. The van der Waals surface area contributed by atoms with Gasteiger partial charge in [0.1, 0.15) is 17.5 Å². The van der Waals surface area contributed by atoms with Crippen LogP contribution in [0.5, 0.6) is 5.75 Å². The monoisotopic (exact) mass is 508 g/mol. The Kier molecular flexibility index (Phi) is 8.71. The third-order valence-electron chi connectivity index (χ3n) is 5.02. The number of carboxylic acid groups (broad SMARTS) is 2. The Morgan fingerprint density at radius 2 is 1.73 bits per heavy atom. The van der Waals surface area contributed by atoms with Gasteiger partial charge in [0.25, 0.3) is 5.91 Å². The molecule has 3 aromatic rings. The number of aromatic nitrogens is 1. The molecule has 1 atom stereocenters. The van der Waals surface area contributed by atoms with Crippen molar-refractivity contribution in [2.75, 3.05) is 18.5 Å². The van der Waals surface area contributed by atoms with Crippen molar-refractivity contribution < 1.29 is 38.9 Å². The van der Waals surface area contributed by atoms with Crippen molar-refractivity contribution in [1.29, 1.82) is 0 Å². The van der Waals surface area contributed by atoms with Gasteiger partial charge in [-0.05, 0) is 17.7 Å².